The van der Waals surface area contributed by atoms with Crippen LogP contribution in [0, 0.1) is 0 Å². The number of nitrogens with zero attached hydrogens (tertiary/aromatic N) is 2. The van der Waals surface area contributed by atoms with Gasteiger partial charge in [-0.1, -0.05) is 23.7 Å². The van der Waals surface area contributed by atoms with E-state index in [1.54, 1.807) is 56.7 Å². The quantitative estimate of drug-likeness (QED) is 0.590. The number of alkyl carbamates (subject to hydrolysis) is 1. The van der Waals surface area contributed by atoms with Crippen LogP contribution in [-0.2, 0) is 16.0 Å². The van der Waals surface area contributed by atoms with E-state index in [1.165, 1.54) is 0 Å². The molecule has 0 aliphatic heterocycles. The van der Waals surface area contributed by atoms with Crippen molar-refractivity contribution in [3.8, 4) is 17.0 Å². The Labute approximate surface area is 184 Å². The first kappa shape index (κ1) is 22.4. The van der Waals surface area contributed by atoms with Crippen molar-refractivity contribution in [2.75, 3.05) is 7.11 Å². The van der Waals surface area contributed by atoms with Gasteiger partial charge in [0.15, 0.2) is 0 Å². The van der Waals surface area contributed by atoms with E-state index in [0.29, 0.717) is 27.8 Å². The lowest BCUT2D eigenvalue weighted by Gasteiger charge is -2.22. The molecule has 0 radical (unpaired) electrons. The number of hydrogen-bond donors (Lipinski definition) is 2. The summed E-state index contributed by atoms with van der Waals surface area (Å²) in [6.07, 6.45) is 0.812. The molecule has 2 heterocycles. The summed E-state index contributed by atoms with van der Waals surface area (Å²) >= 11 is 6.17. The van der Waals surface area contributed by atoms with Crippen molar-refractivity contribution >= 4 is 29.3 Å². The second-order valence-electron chi connectivity index (χ2n) is 7.96. The molecule has 31 heavy (non-hydrogen) atoms. The van der Waals surface area contributed by atoms with Crippen LogP contribution in [-0.4, -0.2) is 45.3 Å². The second kappa shape index (κ2) is 8.85. The Morgan fingerprint density at radius 3 is 2.65 bits per heavy atom. The maximum atomic E-state index is 12.2. The maximum Gasteiger partial charge on any atom is 0.408 e. The molecule has 3 aromatic rings. The van der Waals surface area contributed by atoms with Gasteiger partial charge in [-0.2, -0.15) is 0 Å². The molecule has 0 saturated carbocycles. The number of aromatic nitrogens is 2. The van der Waals surface area contributed by atoms with Gasteiger partial charge in [0, 0.05) is 18.2 Å². The van der Waals surface area contributed by atoms with Crippen LogP contribution in [0.15, 0.2) is 42.6 Å². The number of benzene rings is 1. The van der Waals surface area contributed by atoms with E-state index in [1.807, 2.05) is 18.2 Å². The number of ether oxygens (including phenoxy) is 2. The third kappa shape index (κ3) is 5.46. The van der Waals surface area contributed by atoms with Crippen LogP contribution in [0.3, 0.4) is 0 Å². The van der Waals surface area contributed by atoms with Gasteiger partial charge in [-0.3, -0.25) is 0 Å². The van der Waals surface area contributed by atoms with Gasteiger partial charge in [-0.05, 0) is 45.0 Å². The van der Waals surface area contributed by atoms with Gasteiger partial charge in [0.25, 0.3) is 0 Å². The molecule has 0 aliphatic rings. The van der Waals surface area contributed by atoms with Gasteiger partial charge in [0.1, 0.15) is 23.0 Å². The average molecular weight is 446 g/mol. The van der Waals surface area contributed by atoms with Gasteiger partial charge < -0.3 is 24.3 Å². The van der Waals surface area contributed by atoms with Crippen molar-refractivity contribution in [3.05, 3.63) is 53.3 Å². The number of halogens is 1. The molecule has 0 bridgehead atoms. The minimum atomic E-state index is -1.24. The Morgan fingerprint density at radius 1 is 1.26 bits per heavy atom. The standard InChI is InChI=1S/C22H24ClN3O5/c1-22(2,3)31-21(29)24-16(20(27)28)11-17-19(13-6-5-7-15(10-13)30-4)25-18-9-8-14(23)12-26(17)18/h5-10,12,16H,11H2,1-4H3,(H,24,29)(H,27,28). The lowest BCUT2D eigenvalue weighted by molar-refractivity contribution is -0.139. The number of hydrogen-bond acceptors (Lipinski definition) is 5. The molecule has 2 N–H and O–H groups in total. The van der Waals surface area contributed by atoms with Crippen LogP contribution in [0.2, 0.25) is 5.02 Å². The second-order valence-corrected chi connectivity index (χ2v) is 8.39. The molecule has 9 heteroatoms. The van der Waals surface area contributed by atoms with Crippen molar-refractivity contribution in [1.29, 1.82) is 0 Å². The SMILES string of the molecule is COc1cccc(-c2nc3ccc(Cl)cn3c2CC(NC(=O)OC(C)(C)C)C(=O)O)c1. The van der Waals surface area contributed by atoms with Crippen LogP contribution >= 0.6 is 11.6 Å². The zero-order valence-corrected chi connectivity index (χ0v) is 18.4. The van der Waals surface area contributed by atoms with E-state index in [9.17, 15) is 14.7 Å². The van der Waals surface area contributed by atoms with E-state index in [-0.39, 0.29) is 6.42 Å². The number of carbonyl (C=O) groups excluding carboxylic acids is 1. The Kier molecular flexibility index (Phi) is 6.40. The van der Waals surface area contributed by atoms with Crippen molar-refractivity contribution < 1.29 is 24.2 Å². The van der Waals surface area contributed by atoms with Gasteiger partial charge in [-0.15, -0.1) is 0 Å². The van der Waals surface area contributed by atoms with Gasteiger partial charge >= 0.3 is 12.1 Å². The van der Waals surface area contributed by atoms with Crippen LogP contribution in [0.4, 0.5) is 4.79 Å². The van der Waals surface area contributed by atoms with Crippen LogP contribution in [0.1, 0.15) is 26.5 Å². The van der Waals surface area contributed by atoms with E-state index < -0.39 is 23.7 Å². The molecule has 3 rings (SSSR count). The van der Waals surface area contributed by atoms with Crippen molar-refractivity contribution in [2.24, 2.45) is 0 Å². The number of imidazole rings is 1. The van der Waals surface area contributed by atoms with Crippen molar-refractivity contribution in [1.82, 2.24) is 14.7 Å². The van der Waals surface area contributed by atoms with Crippen molar-refractivity contribution in [2.45, 2.75) is 38.8 Å². The van der Waals surface area contributed by atoms with Crippen LogP contribution in [0.25, 0.3) is 16.9 Å². The summed E-state index contributed by atoms with van der Waals surface area (Å²) in [7, 11) is 1.56. The zero-order chi connectivity index (χ0) is 22.8. The molecular formula is C22H24ClN3O5. The predicted octanol–water partition coefficient (Wildman–Crippen LogP) is 4.18. The minimum absolute atomic E-state index is 0.0391. The first-order chi connectivity index (χ1) is 14.6. The molecule has 164 valence electrons. The fraction of sp³-hybridized carbons (Fsp3) is 0.318. The number of nitrogens with one attached hydrogen (secondary N) is 1. The number of methoxy groups -OCH3 is 1. The molecule has 1 atom stereocenters. The highest BCUT2D eigenvalue weighted by molar-refractivity contribution is 6.30. The Hall–Kier alpha value is -3.26. The van der Waals surface area contributed by atoms with E-state index in [2.05, 4.69) is 10.3 Å². The number of carbonyl (C=O) groups is 2. The normalized spacial score (nSPS) is 12.4. The summed E-state index contributed by atoms with van der Waals surface area (Å²) in [6.45, 7) is 5.11. The summed E-state index contributed by atoms with van der Waals surface area (Å²) in [5, 5.41) is 12.6. The molecule has 0 spiro atoms. The minimum Gasteiger partial charge on any atom is -0.497 e. The number of carboxylic acid groups (broad SMARTS) is 1. The highest BCUT2D eigenvalue weighted by atomic mass is 35.5. The highest BCUT2D eigenvalue weighted by Crippen LogP contribution is 2.29. The summed E-state index contributed by atoms with van der Waals surface area (Å²) in [5.74, 6) is -0.556. The number of carboxylic acids is 1. The molecule has 1 unspecified atom stereocenters. The number of aliphatic carboxylic acids is 1. The van der Waals surface area contributed by atoms with Gasteiger partial charge in [0.2, 0.25) is 0 Å². The highest BCUT2D eigenvalue weighted by Gasteiger charge is 2.27. The van der Waals surface area contributed by atoms with Crippen LogP contribution < -0.4 is 10.1 Å². The summed E-state index contributed by atoms with van der Waals surface area (Å²) in [6, 6.07) is 9.50. The summed E-state index contributed by atoms with van der Waals surface area (Å²) in [4.78, 5) is 28.8. The maximum absolute atomic E-state index is 12.2. The molecule has 8 nitrogen and oxygen atoms in total. The Bertz CT molecular complexity index is 1120. The number of amides is 1. The van der Waals surface area contributed by atoms with E-state index >= 15 is 0 Å². The first-order valence-corrected chi connectivity index (χ1v) is 9.98. The predicted molar refractivity (Wildman–Crippen MR) is 117 cm³/mol. The molecular weight excluding hydrogens is 422 g/mol. The average Bonchev–Trinajstić information content (AvgIpc) is 3.03. The topological polar surface area (TPSA) is 102 Å². The summed E-state index contributed by atoms with van der Waals surface area (Å²) < 4.78 is 12.2. The smallest absolute Gasteiger partial charge is 0.408 e. The molecule has 0 saturated heterocycles. The van der Waals surface area contributed by atoms with E-state index in [4.69, 9.17) is 21.1 Å². The lowest BCUT2D eigenvalue weighted by atomic mass is 10.0. The number of pyridine rings is 1. The van der Waals surface area contributed by atoms with Gasteiger partial charge in [0.05, 0.1) is 23.5 Å². The molecule has 0 aliphatic carbocycles. The number of fused-ring (bicyclic) bond motifs is 1. The Balaban J connectivity index is 2.05. The fourth-order valence-electron chi connectivity index (χ4n) is 3.11. The lowest BCUT2D eigenvalue weighted by Crippen LogP contribution is -2.44. The monoisotopic (exact) mass is 445 g/mol. The van der Waals surface area contributed by atoms with Crippen LogP contribution in [0.5, 0.6) is 5.75 Å². The van der Waals surface area contributed by atoms with Crippen molar-refractivity contribution in [3.63, 3.8) is 0 Å². The molecule has 1 amide bonds. The fourth-order valence-corrected chi connectivity index (χ4v) is 3.27. The van der Waals surface area contributed by atoms with Gasteiger partial charge in [-0.25, -0.2) is 14.6 Å². The first-order valence-electron chi connectivity index (χ1n) is 9.60. The number of rotatable bonds is 6. The zero-order valence-electron chi connectivity index (χ0n) is 17.7. The molecule has 2 aromatic heterocycles. The van der Waals surface area contributed by atoms with E-state index in [0.717, 1.165) is 5.56 Å². The summed E-state index contributed by atoms with van der Waals surface area (Å²) in [5.41, 5.74) is 1.73. The Morgan fingerprint density at radius 2 is 2.00 bits per heavy atom. The molecule has 0 fully saturated rings. The molecule has 1 aromatic carbocycles. The third-order valence-corrected chi connectivity index (χ3v) is 4.63. The largest absolute Gasteiger partial charge is 0.497 e. The third-order valence-electron chi connectivity index (χ3n) is 4.41.